The predicted molar refractivity (Wildman–Crippen MR) is 119 cm³/mol. The summed E-state index contributed by atoms with van der Waals surface area (Å²) in [5.41, 5.74) is 2.96. The first kappa shape index (κ1) is 20.1. The fraction of sp³-hybridized carbons (Fsp3) is 0.0800. The van der Waals surface area contributed by atoms with Crippen LogP contribution in [0, 0.1) is 0 Å². The van der Waals surface area contributed by atoms with Gasteiger partial charge >= 0.3 is 0 Å². The highest BCUT2D eigenvalue weighted by molar-refractivity contribution is 5.99. The Morgan fingerprint density at radius 3 is 2.13 bits per heavy atom. The molecule has 1 heterocycles. The molecule has 0 spiro atoms. The van der Waals surface area contributed by atoms with E-state index in [0.29, 0.717) is 18.1 Å². The van der Waals surface area contributed by atoms with Crippen molar-refractivity contribution in [2.75, 3.05) is 11.9 Å². The maximum Gasteiger partial charge on any atom is 0.237 e. The van der Waals surface area contributed by atoms with E-state index in [9.17, 15) is 4.79 Å². The zero-order valence-electron chi connectivity index (χ0n) is 16.8. The van der Waals surface area contributed by atoms with Crippen molar-refractivity contribution < 1.29 is 14.2 Å². The van der Waals surface area contributed by atoms with Crippen LogP contribution in [-0.4, -0.2) is 22.8 Å². The lowest BCUT2D eigenvalue weighted by molar-refractivity contribution is -0.116. The second kappa shape index (κ2) is 9.54. The van der Waals surface area contributed by atoms with Crippen LogP contribution in [0.5, 0.6) is 5.75 Å². The van der Waals surface area contributed by atoms with Crippen LogP contribution in [0.25, 0.3) is 11.3 Å². The molecule has 31 heavy (non-hydrogen) atoms. The van der Waals surface area contributed by atoms with E-state index in [-0.39, 0.29) is 11.7 Å². The van der Waals surface area contributed by atoms with Crippen molar-refractivity contribution in [1.29, 1.82) is 0 Å². The molecule has 6 heteroatoms. The number of aromatic nitrogens is 2. The summed E-state index contributed by atoms with van der Waals surface area (Å²) in [4.78, 5) is 13.3. The van der Waals surface area contributed by atoms with Gasteiger partial charge in [0.15, 0.2) is 5.69 Å². The van der Waals surface area contributed by atoms with Gasteiger partial charge in [0, 0.05) is 5.56 Å². The number of nitrogens with one attached hydrogen (secondary N) is 1. The summed E-state index contributed by atoms with van der Waals surface area (Å²) < 4.78 is 10.4. The molecular weight excluding hydrogens is 390 g/mol. The van der Waals surface area contributed by atoms with E-state index in [1.54, 1.807) is 6.08 Å². The fourth-order valence-electron chi connectivity index (χ4n) is 3.30. The SMILES string of the molecule is C=CCOc1ccc(-c2nonc2NC(=O)C(c2ccccc2)c2ccccc2)cc1. The molecule has 0 saturated carbocycles. The number of rotatable bonds is 8. The first-order chi connectivity index (χ1) is 15.3. The molecule has 6 nitrogen and oxygen atoms in total. The number of benzene rings is 3. The Labute approximate surface area is 180 Å². The second-order valence-corrected chi connectivity index (χ2v) is 6.83. The molecular formula is C25H21N3O3. The highest BCUT2D eigenvalue weighted by Crippen LogP contribution is 2.30. The molecule has 1 aromatic heterocycles. The van der Waals surface area contributed by atoms with Gasteiger partial charge in [-0.05, 0) is 45.7 Å². The lowest BCUT2D eigenvalue weighted by Crippen LogP contribution is -2.22. The molecule has 0 aliphatic carbocycles. The van der Waals surface area contributed by atoms with E-state index < -0.39 is 5.92 Å². The maximum absolute atomic E-state index is 13.3. The predicted octanol–water partition coefficient (Wildman–Crippen LogP) is 5.07. The average molecular weight is 411 g/mol. The smallest absolute Gasteiger partial charge is 0.237 e. The fourth-order valence-corrected chi connectivity index (χ4v) is 3.30. The van der Waals surface area contributed by atoms with Crippen molar-refractivity contribution in [3.05, 3.63) is 109 Å². The van der Waals surface area contributed by atoms with Gasteiger partial charge in [-0.25, -0.2) is 4.63 Å². The van der Waals surface area contributed by atoms with Gasteiger partial charge in [-0.1, -0.05) is 73.3 Å². The van der Waals surface area contributed by atoms with Gasteiger partial charge in [-0.2, -0.15) is 0 Å². The van der Waals surface area contributed by atoms with Crippen LogP contribution in [0.4, 0.5) is 5.82 Å². The van der Waals surface area contributed by atoms with Crippen molar-refractivity contribution >= 4 is 11.7 Å². The number of anilines is 1. The number of hydrogen-bond donors (Lipinski definition) is 1. The molecule has 0 aliphatic rings. The molecule has 1 N–H and O–H groups in total. The first-order valence-electron chi connectivity index (χ1n) is 9.83. The molecule has 0 unspecified atom stereocenters. The van der Waals surface area contributed by atoms with Gasteiger partial charge in [-0.3, -0.25) is 4.79 Å². The molecule has 0 radical (unpaired) electrons. The summed E-state index contributed by atoms with van der Waals surface area (Å²) in [6, 6.07) is 26.5. The molecule has 4 aromatic rings. The third kappa shape index (κ3) is 4.70. The molecule has 0 aliphatic heterocycles. The van der Waals surface area contributed by atoms with E-state index in [1.807, 2.05) is 84.9 Å². The number of ether oxygens (including phenoxy) is 1. The number of nitrogens with zero attached hydrogens (tertiary/aromatic N) is 2. The van der Waals surface area contributed by atoms with E-state index in [0.717, 1.165) is 16.7 Å². The number of hydrogen-bond acceptors (Lipinski definition) is 5. The Morgan fingerprint density at radius 1 is 0.935 bits per heavy atom. The average Bonchev–Trinajstić information content (AvgIpc) is 3.27. The van der Waals surface area contributed by atoms with Crippen LogP contribution < -0.4 is 10.1 Å². The first-order valence-corrected chi connectivity index (χ1v) is 9.83. The lowest BCUT2D eigenvalue weighted by atomic mass is 9.90. The van der Waals surface area contributed by atoms with Gasteiger partial charge in [0.25, 0.3) is 0 Å². The lowest BCUT2D eigenvalue weighted by Gasteiger charge is -2.17. The van der Waals surface area contributed by atoms with Crippen LogP contribution in [0.15, 0.2) is 102 Å². The Bertz CT molecular complexity index is 1100. The van der Waals surface area contributed by atoms with Gasteiger partial charge in [0.1, 0.15) is 12.4 Å². The monoisotopic (exact) mass is 411 g/mol. The molecule has 154 valence electrons. The zero-order valence-corrected chi connectivity index (χ0v) is 16.8. The molecule has 0 fully saturated rings. The van der Waals surface area contributed by atoms with E-state index in [4.69, 9.17) is 9.37 Å². The van der Waals surface area contributed by atoms with Gasteiger partial charge in [-0.15, -0.1) is 0 Å². The highest BCUT2D eigenvalue weighted by Gasteiger charge is 2.25. The summed E-state index contributed by atoms with van der Waals surface area (Å²) >= 11 is 0. The summed E-state index contributed by atoms with van der Waals surface area (Å²) in [6.07, 6.45) is 1.68. The van der Waals surface area contributed by atoms with Crippen LogP contribution in [-0.2, 0) is 4.79 Å². The van der Waals surface area contributed by atoms with Crippen molar-refractivity contribution in [3.63, 3.8) is 0 Å². The quantitative estimate of drug-likeness (QED) is 0.410. The molecule has 0 saturated heterocycles. The molecule has 0 atom stereocenters. The Balaban J connectivity index is 1.59. The standard InChI is InChI=1S/C25H21N3O3/c1-2-17-30-21-15-13-20(14-16-21)23-24(28-31-27-23)26-25(29)22(18-9-5-3-6-10-18)19-11-7-4-8-12-19/h2-16,22H,1,17H2,(H,26,28,29). The summed E-state index contributed by atoms with van der Waals surface area (Å²) in [5.74, 6) is 0.252. The number of amides is 1. The summed E-state index contributed by atoms with van der Waals surface area (Å²) in [6.45, 7) is 4.06. The van der Waals surface area contributed by atoms with Crippen LogP contribution in [0.2, 0.25) is 0 Å². The second-order valence-electron chi connectivity index (χ2n) is 6.83. The van der Waals surface area contributed by atoms with Gasteiger partial charge in [0.05, 0.1) is 5.92 Å². The van der Waals surface area contributed by atoms with Gasteiger partial charge in [0.2, 0.25) is 11.7 Å². The molecule has 4 rings (SSSR count). The maximum atomic E-state index is 13.3. The topological polar surface area (TPSA) is 77.2 Å². The largest absolute Gasteiger partial charge is 0.490 e. The molecule has 1 amide bonds. The number of carbonyl (C=O) groups is 1. The van der Waals surface area contributed by atoms with Crippen LogP contribution in [0.3, 0.4) is 0 Å². The minimum absolute atomic E-state index is 0.222. The van der Waals surface area contributed by atoms with Crippen LogP contribution >= 0.6 is 0 Å². The van der Waals surface area contributed by atoms with Crippen molar-refractivity contribution in [2.24, 2.45) is 0 Å². The van der Waals surface area contributed by atoms with Crippen molar-refractivity contribution in [3.8, 4) is 17.0 Å². The van der Waals surface area contributed by atoms with E-state index in [1.165, 1.54) is 0 Å². The van der Waals surface area contributed by atoms with E-state index in [2.05, 4.69) is 22.2 Å². The third-order valence-corrected chi connectivity index (χ3v) is 4.75. The Hall–Kier alpha value is -4.19. The van der Waals surface area contributed by atoms with Crippen molar-refractivity contribution in [2.45, 2.75) is 5.92 Å². The minimum Gasteiger partial charge on any atom is -0.490 e. The number of carbonyl (C=O) groups excluding carboxylic acids is 1. The Kier molecular flexibility index (Phi) is 6.18. The third-order valence-electron chi connectivity index (χ3n) is 4.75. The highest BCUT2D eigenvalue weighted by atomic mass is 16.6. The van der Waals surface area contributed by atoms with Crippen molar-refractivity contribution in [1.82, 2.24) is 10.3 Å². The minimum atomic E-state index is -0.498. The van der Waals surface area contributed by atoms with Gasteiger partial charge < -0.3 is 10.1 Å². The molecule has 0 bridgehead atoms. The van der Waals surface area contributed by atoms with Crippen LogP contribution in [0.1, 0.15) is 17.0 Å². The zero-order chi connectivity index (χ0) is 21.5. The molecule has 3 aromatic carbocycles. The normalized spacial score (nSPS) is 10.6. The van der Waals surface area contributed by atoms with E-state index >= 15 is 0 Å². The Morgan fingerprint density at radius 2 is 1.55 bits per heavy atom. The summed E-state index contributed by atoms with van der Waals surface area (Å²) in [7, 11) is 0. The summed E-state index contributed by atoms with van der Waals surface area (Å²) in [5, 5.41) is 10.8.